The lowest BCUT2D eigenvalue weighted by atomic mass is 10.3. The maximum absolute atomic E-state index is 12.5. The average molecular weight is 248 g/mol. The quantitative estimate of drug-likeness (QED) is 0.515. The molecule has 1 atom stereocenters. The highest BCUT2D eigenvalue weighted by molar-refractivity contribution is 7.87. The first-order valence-corrected chi connectivity index (χ1v) is 5.23. The van der Waals surface area contributed by atoms with Crippen LogP contribution in [0.1, 0.15) is 13.3 Å². The summed E-state index contributed by atoms with van der Waals surface area (Å²) in [5.41, 5.74) is 0. The summed E-state index contributed by atoms with van der Waals surface area (Å²) in [5.74, 6) is -2.37. The van der Waals surface area contributed by atoms with Crippen LogP contribution >= 0.6 is 0 Å². The summed E-state index contributed by atoms with van der Waals surface area (Å²) in [6, 6.07) is 0. The molecule has 0 bridgehead atoms. The smallest absolute Gasteiger partial charge is 0.460 e. The maximum atomic E-state index is 12.5. The molecule has 15 heavy (non-hydrogen) atoms. The van der Waals surface area contributed by atoms with Crippen LogP contribution in [0.4, 0.5) is 8.78 Å². The van der Waals surface area contributed by atoms with Gasteiger partial charge in [0.05, 0.1) is 12.7 Å². The lowest BCUT2D eigenvalue weighted by Crippen LogP contribution is -2.39. The van der Waals surface area contributed by atoms with Crippen LogP contribution in [0.25, 0.3) is 0 Å². The normalized spacial score (nSPS) is 14.7. The van der Waals surface area contributed by atoms with Gasteiger partial charge in [0.15, 0.2) is 0 Å². The van der Waals surface area contributed by atoms with Crippen molar-refractivity contribution in [2.75, 3.05) is 6.61 Å². The molecule has 0 aliphatic carbocycles. The van der Waals surface area contributed by atoms with Gasteiger partial charge in [0.25, 0.3) is 0 Å². The average Bonchev–Trinajstić information content (AvgIpc) is 2.01. The van der Waals surface area contributed by atoms with Crippen molar-refractivity contribution in [3.63, 3.8) is 0 Å². The van der Waals surface area contributed by atoms with Crippen molar-refractivity contribution in [3.8, 4) is 0 Å². The van der Waals surface area contributed by atoms with Crippen LogP contribution in [-0.4, -0.2) is 42.0 Å². The van der Waals surface area contributed by atoms with E-state index in [-0.39, 0.29) is 6.42 Å². The SMILES string of the molecule is CC(O)CCOC(=O)C(F)(F)S(=O)(=O)O. The molecule has 6 nitrogen and oxygen atoms in total. The van der Waals surface area contributed by atoms with E-state index in [9.17, 15) is 22.0 Å². The Labute approximate surface area is 84.6 Å². The first kappa shape index (κ1) is 14.2. The fourth-order valence-electron chi connectivity index (χ4n) is 0.512. The van der Waals surface area contributed by atoms with E-state index in [1.165, 1.54) is 6.92 Å². The number of ether oxygens (including phenoxy) is 1. The second kappa shape index (κ2) is 4.81. The van der Waals surface area contributed by atoms with Gasteiger partial charge in [0, 0.05) is 6.42 Å². The topological polar surface area (TPSA) is 101 Å². The van der Waals surface area contributed by atoms with Gasteiger partial charge >= 0.3 is 21.3 Å². The Morgan fingerprint density at radius 3 is 2.33 bits per heavy atom. The Morgan fingerprint density at radius 2 is 2.00 bits per heavy atom. The summed E-state index contributed by atoms with van der Waals surface area (Å²) in [5, 5.41) is 3.70. The Kier molecular flexibility index (Phi) is 4.56. The lowest BCUT2D eigenvalue weighted by molar-refractivity contribution is -0.162. The highest BCUT2D eigenvalue weighted by Gasteiger charge is 2.54. The van der Waals surface area contributed by atoms with E-state index in [0.717, 1.165) is 0 Å². The van der Waals surface area contributed by atoms with Crippen molar-refractivity contribution >= 4 is 16.1 Å². The van der Waals surface area contributed by atoms with Crippen molar-refractivity contribution in [1.82, 2.24) is 0 Å². The molecule has 0 saturated carbocycles. The number of rotatable bonds is 5. The molecule has 0 heterocycles. The molecule has 0 aliphatic rings. The van der Waals surface area contributed by atoms with Gasteiger partial charge in [0.2, 0.25) is 0 Å². The third kappa shape index (κ3) is 4.06. The number of esters is 1. The number of hydrogen-bond donors (Lipinski definition) is 2. The van der Waals surface area contributed by atoms with Crippen LogP contribution in [0.2, 0.25) is 0 Å². The number of carbonyl (C=O) groups excluding carboxylic acids is 1. The molecule has 0 aromatic carbocycles. The summed E-state index contributed by atoms with van der Waals surface area (Å²) in [6.07, 6.45) is -0.995. The van der Waals surface area contributed by atoms with E-state index in [4.69, 9.17) is 9.66 Å². The minimum absolute atomic E-state index is 0.118. The van der Waals surface area contributed by atoms with E-state index >= 15 is 0 Å². The van der Waals surface area contributed by atoms with Crippen LogP contribution in [0.3, 0.4) is 0 Å². The summed E-state index contributed by atoms with van der Waals surface area (Å²) >= 11 is 0. The van der Waals surface area contributed by atoms with E-state index in [1.54, 1.807) is 0 Å². The Bertz CT molecular complexity index is 323. The van der Waals surface area contributed by atoms with Gasteiger partial charge in [-0.3, -0.25) is 4.55 Å². The minimum atomic E-state index is -5.82. The van der Waals surface area contributed by atoms with Crippen molar-refractivity contribution in [1.29, 1.82) is 0 Å². The molecule has 0 spiro atoms. The third-order valence-electron chi connectivity index (χ3n) is 1.33. The van der Waals surface area contributed by atoms with E-state index < -0.39 is 34.1 Å². The standard InChI is InChI=1S/C6H10F2O6S/c1-4(9)2-3-14-5(10)6(7,8)15(11,12)13/h4,9H,2-3H2,1H3,(H,11,12,13). The fraction of sp³-hybridized carbons (Fsp3) is 0.833. The van der Waals surface area contributed by atoms with E-state index in [0.29, 0.717) is 0 Å². The zero-order valence-electron chi connectivity index (χ0n) is 7.68. The third-order valence-corrected chi connectivity index (χ3v) is 2.15. The first-order chi connectivity index (χ1) is 6.59. The molecule has 9 heteroatoms. The maximum Gasteiger partial charge on any atom is 0.465 e. The van der Waals surface area contributed by atoms with Crippen molar-refractivity contribution in [2.45, 2.75) is 24.7 Å². The van der Waals surface area contributed by atoms with Crippen molar-refractivity contribution in [2.24, 2.45) is 0 Å². The molecule has 0 saturated heterocycles. The van der Waals surface area contributed by atoms with Crippen molar-refractivity contribution in [3.05, 3.63) is 0 Å². The van der Waals surface area contributed by atoms with E-state index in [2.05, 4.69) is 4.74 Å². The molecule has 90 valence electrons. The summed E-state index contributed by atoms with van der Waals surface area (Å²) < 4.78 is 56.9. The second-order valence-electron chi connectivity index (χ2n) is 2.77. The molecule has 0 aromatic heterocycles. The highest BCUT2D eigenvalue weighted by Crippen LogP contribution is 2.22. The van der Waals surface area contributed by atoms with Crippen LogP contribution in [0, 0.1) is 0 Å². The summed E-state index contributed by atoms with van der Waals surface area (Å²) in [6.45, 7) is 0.760. The first-order valence-electron chi connectivity index (χ1n) is 3.79. The molecular weight excluding hydrogens is 238 g/mol. The van der Waals surface area contributed by atoms with E-state index in [1.807, 2.05) is 0 Å². The number of aliphatic hydroxyl groups is 1. The molecule has 1 unspecified atom stereocenters. The Hall–Kier alpha value is -0.800. The van der Waals surface area contributed by atoms with Gasteiger partial charge in [-0.15, -0.1) is 0 Å². The van der Waals surface area contributed by atoms with Gasteiger partial charge in [-0.05, 0) is 6.92 Å². The molecule has 0 radical (unpaired) electrons. The van der Waals surface area contributed by atoms with Crippen LogP contribution in [0.5, 0.6) is 0 Å². The largest absolute Gasteiger partial charge is 0.465 e. The molecule has 0 amide bonds. The minimum Gasteiger partial charge on any atom is -0.460 e. The number of halogens is 2. The molecule has 0 rings (SSSR count). The molecule has 0 aromatic rings. The predicted molar refractivity (Wildman–Crippen MR) is 43.8 cm³/mol. The lowest BCUT2D eigenvalue weighted by Gasteiger charge is -2.12. The summed E-state index contributed by atoms with van der Waals surface area (Å²) in [4.78, 5) is 10.5. The number of hydrogen-bond acceptors (Lipinski definition) is 5. The van der Waals surface area contributed by atoms with Crippen LogP contribution in [-0.2, 0) is 19.6 Å². The van der Waals surface area contributed by atoms with Gasteiger partial charge in [-0.25, -0.2) is 4.79 Å². The summed E-state index contributed by atoms with van der Waals surface area (Å²) in [7, 11) is -5.82. The zero-order valence-corrected chi connectivity index (χ0v) is 8.50. The van der Waals surface area contributed by atoms with Gasteiger partial charge in [0.1, 0.15) is 0 Å². The van der Waals surface area contributed by atoms with Gasteiger partial charge in [-0.2, -0.15) is 17.2 Å². The monoisotopic (exact) mass is 248 g/mol. The Morgan fingerprint density at radius 1 is 1.53 bits per heavy atom. The second-order valence-corrected chi connectivity index (χ2v) is 4.23. The number of aliphatic hydroxyl groups excluding tert-OH is 1. The number of alkyl halides is 2. The van der Waals surface area contributed by atoms with Crippen LogP contribution < -0.4 is 0 Å². The molecular formula is C6H10F2O6S. The molecule has 0 fully saturated rings. The molecule has 2 N–H and O–H groups in total. The van der Waals surface area contributed by atoms with Gasteiger partial charge in [-0.1, -0.05) is 0 Å². The predicted octanol–water partition coefficient (Wildman–Crippen LogP) is -0.219. The Balaban J connectivity index is 4.35. The van der Waals surface area contributed by atoms with Crippen LogP contribution in [0.15, 0.2) is 0 Å². The highest BCUT2D eigenvalue weighted by atomic mass is 32.2. The van der Waals surface area contributed by atoms with Gasteiger partial charge < -0.3 is 9.84 Å². The van der Waals surface area contributed by atoms with Crippen molar-refractivity contribution < 1.29 is 36.4 Å². The fourth-order valence-corrected chi connectivity index (χ4v) is 0.781. The molecule has 0 aliphatic heterocycles. The zero-order chi connectivity index (χ0) is 12.3. The number of carbonyl (C=O) groups is 1.